The number of amides is 1. The number of hydrogen-bond donors (Lipinski definition) is 0. The largest absolute Gasteiger partial charge is 0.497 e. The molecule has 1 aliphatic rings. The van der Waals surface area contributed by atoms with Gasteiger partial charge in [0, 0.05) is 18.6 Å². The van der Waals surface area contributed by atoms with Gasteiger partial charge in [-0.2, -0.15) is 0 Å². The Kier molecular flexibility index (Phi) is 8.72. The Labute approximate surface area is 224 Å². The van der Waals surface area contributed by atoms with Gasteiger partial charge in [-0.15, -0.1) is 0 Å². The van der Waals surface area contributed by atoms with Crippen molar-refractivity contribution in [1.29, 1.82) is 0 Å². The van der Waals surface area contributed by atoms with Gasteiger partial charge in [0.15, 0.2) is 0 Å². The van der Waals surface area contributed by atoms with E-state index in [0.29, 0.717) is 16.9 Å². The average Bonchev–Trinajstić information content (AvgIpc) is 3.39. The number of rotatable bonds is 9. The molecule has 4 rings (SSSR count). The van der Waals surface area contributed by atoms with E-state index < -0.39 is 35.1 Å². The van der Waals surface area contributed by atoms with Crippen LogP contribution in [0.2, 0.25) is 0 Å². The molecule has 3 aromatic carbocycles. The first-order valence-electron chi connectivity index (χ1n) is 12.1. The number of benzene rings is 3. The summed E-state index contributed by atoms with van der Waals surface area (Å²) in [5.41, 5.74) is 1.50. The van der Waals surface area contributed by atoms with Crippen molar-refractivity contribution in [3.05, 3.63) is 106 Å². The van der Waals surface area contributed by atoms with Gasteiger partial charge < -0.3 is 18.9 Å². The zero-order valence-electron chi connectivity index (χ0n) is 21.1. The van der Waals surface area contributed by atoms with Crippen molar-refractivity contribution < 1.29 is 38.3 Å². The van der Waals surface area contributed by atoms with Crippen LogP contribution in [0.1, 0.15) is 27.9 Å². The smallest absolute Gasteiger partial charge is 0.410 e. The first-order chi connectivity index (χ1) is 18.8. The number of likely N-dealkylation sites (tertiary alicyclic amines) is 1. The van der Waals surface area contributed by atoms with Gasteiger partial charge in [-0.1, -0.05) is 30.3 Å². The lowest BCUT2D eigenvalue weighted by Gasteiger charge is -2.22. The van der Waals surface area contributed by atoms with E-state index in [1.807, 2.05) is 0 Å². The number of nitro benzene ring substituents is 1. The number of esters is 2. The SMILES string of the molecule is COc1ccc(COC(=O)[C@@H]2C[C@@H](OC(=O)c3ccccc3)CN2C(=O)OCc2ccc([N+](=O)[O-])cc2)cc1. The fourth-order valence-corrected chi connectivity index (χ4v) is 4.02. The number of nitrogens with zero attached hydrogens (tertiary/aromatic N) is 2. The maximum atomic E-state index is 13.0. The van der Waals surface area contributed by atoms with Gasteiger partial charge in [0.2, 0.25) is 0 Å². The molecule has 1 aliphatic heterocycles. The summed E-state index contributed by atoms with van der Waals surface area (Å²) < 4.78 is 21.5. The minimum Gasteiger partial charge on any atom is -0.497 e. The number of carbonyl (C=O) groups excluding carboxylic acids is 3. The monoisotopic (exact) mass is 534 g/mol. The van der Waals surface area contributed by atoms with Crippen LogP contribution in [-0.2, 0) is 32.2 Å². The molecule has 1 fully saturated rings. The summed E-state index contributed by atoms with van der Waals surface area (Å²) in [5, 5.41) is 10.9. The second-order valence-corrected chi connectivity index (χ2v) is 8.73. The van der Waals surface area contributed by atoms with Crippen LogP contribution in [0.4, 0.5) is 10.5 Å². The second kappa shape index (κ2) is 12.5. The van der Waals surface area contributed by atoms with E-state index in [4.69, 9.17) is 18.9 Å². The molecule has 1 saturated heterocycles. The zero-order valence-corrected chi connectivity index (χ0v) is 21.1. The quantitative estimate of drug-likeness (QED) is 0.171. The summed E-state index contributed by atoms with van der Waals surface area (Å²) in [7, 11) is 1.55. The summed E-state index contributed by atoms with van der Waals surface area (Å²) in [5.74, 6) is -0.589. The van der Waals surface area contributed by atoms with Crippen molar-refractivity contribution >= 4 is 23.7 Å². The van der Waals surface area contributed by atoms with Crippen molar-refractivity contribution in [2.75, 3.05) is 13.7 Å². The van der Waals surface area contributed by atoms with E-state index in [-0.39, 0.29) is 31.9 Å². The Morgan fingerprint density at radius 2 is 1.51 bits per heavy atom. The molecule has 0 aromatic heterocycles. The molecule has 0 aliphatic carbocycles. The highest BCUT2D eigenvalue weighted by Gasteiger charge is 2.43. The Morgan fingerprint density at radius 3 is 2.13 bits per heavy atom. The molecule has 11 heteroatoms. The lowest BCUT2D eigenvalue weighted by molar-refractivity contribution is -0.384. The van der Waals surface area contributed by atoms with Gasteiger partial charge in [0.25, 0.3) is 5.69 Å². The molecule has 202 valence electrons. The Balaban J connectivity index is 1.42. The highest BCUT2D eigenvalue weighted by Crippen LogP contribution is 2.25. The van der Waals surface area contributed by atoms with E-state index in [0.717, 1.165) is 5.56 Å². The standard InChI is InChI=1S/C28H26N2O9/c1-36-23-13-9-20(10-14-23)17-37-27(32)25-15-24(39-26(31)21-5-3-2-4-6-21)16-29(25)28(33)38-18-19-7-11-22(12-8-19)30(34)35/h2-14,24-25H,15-18H2,1H3/t24-,25+/m1/s1. The fraction of sp³-hybridized carbons (Fsp3) is 0.250. The number of carbonyl (C=O) groups is 3. The fourth-order valence-electron chi connectivity index (χ4n) is 4.02. The lowest BCUT2D eigenvalue weighted by Crippen LogP contribution is -2.41. The molecular formula is C28H26N2O9. The van der Waals surface area contributed by atoms with Crippen molar-refractivity contribution in [2.45, 2.75) is 31.8 Å². The third-order valence-electron chi connectivity index (χ3n) is 6.10. The van der Waals surface area contributed by atoms with Crippen LogP contribution in [0, 0.1) is 10.1 Å². The third kappa shape index (κ3) is 7.10. The average molecular weight is 535 g/mol. The minimum atomic E-state index is -1.04. The molecule has 39 heavy (non-hydrogen) atoms. The van der Waals surface area contributed by atoms with Crippen molar-refractivity contribution in [1.82, 2.24) is 4.90 Å². The molecule has 1 amide bonds. The van der Waals surface area contributed by atoms with Crippen LogP contribution in [0.5, 0.6) is 5.75 Å². The third-order valence-corrected chi connectivity index (χ3v) is 6.10. The molecule has 0 spiro atoms. The maximum absolute atomic E-state index is 13.0. The van der Waals surface area contributed by atoms with Crippen LogP contribution in [0.15, 0.2) is 78.9 Å². The van der Waals surface area contributed by atoms with Gasteiger partial charge >= 0.3 is 18.0 Å². The van der Waals surface area contributed by atoms with Gasteiger partial charge in [0.1, 0.15) is 31.1 Å². The highest BCUT2D eigenvalue weighted by atomic mass is 16.6. The molecule has 11 nitrogen and oxygen atoms in total. The minimum absolute atomic E-state index is 0.0283. The maximum Gasteiger partial charge on any atom is 0.410 e. The number of hydrogen-bond acceptors (Lipinski definition) is 9. The predicted octanol–water partition coefficient (Wildman–Crippen LogP) is 4.28. The summed E-state index contributed by atoms with van der Waals surface area (Å²) in [6.07, 6.45) is -1.53. The van der Waals surface area contributed by atoms with Gasteiger partial charge in [0.05, 0.1) is 24.1 Å². The number of non-ortho nitro benzene ring substituents is 1. The molecule has 0 saturated carbocycles. The van der Waals surface area contributed by atoms with Gasteiger partial charge in [-0.3, -0.25) is 15.0 Å². The second-order valence-electron chi connectivity index (χ2n) is 8.73. The van der Waals surface area contributed by atoms with Gasteiger partial charge in [-0.05, 0) is 47.5 Å². The molecule has 0 N–H and O–H groups in total. The van der Waals surface area contributed by atoms with Gasteiger partial charge in [-0.25, -0.2) is 14.4 Å². The van der Waals surface area contributed by atoms with Crippen LogP contribution in [0.25, 0.3) is 0 Å². The van der Waals surface area contributed by atoms with E-state index in [9.17, 15) is 24.5 Å². The lowest BCUT2D eigenvalue weighted by atomic mass is 10.2. The van der Waals surface area contributed by atoms with E-state index in [1.54, 1.807) is 61.7 Å². The Bertz CT molecular complexity index is 1310. The summed E-state index contributed by atoms with van der Waals surface area (Å²) in [6, 6.07) is 19.9. The number of ether oxygens (including phenoxy) is 4. The van der Waals surface area contributed by atoms with Crippen molar-refractivity contribution in [3.8, 4) is 5.75 Å². The molecule has 0 radical (unpaired) electrons. The van der Waals surface area contributed by atoms with Crippen molar-refractivity contribution in [2.24, 2.45) is 0 Å². The Hall–Kier alpha value is -4.93. The molecule has 1 heterocycles. The summed E-state index contributed by atoms with van der Waals surface area (Å²) >= 11 is 0. The van der Waals surface area contributed by atoms with E-state index >= 15 is 0 Å². The van der Waals surface area contributed by atoms with Crippen LogP contribution >= 0.6 is 0 Å². The molecule has 2 atom stereocenters. The molecule has 0 unspecified atom stereocenters. The number of methoxy groups -OCH3 is 1. The predicted molar refractivity (Wildman–Crippen MR) is 137 cm³/mol. The molecule has 3 aromatic rings. The Morgan fingerprint density at radius 1 is 0.897 bits per heavy atom. The van der Waals surface area contributed by atoms with E-state index in [2.05, 4.69) is 0 Å². The zero-order chi connectivity index (χ0) is 27.8. The topological polar surface area (TPSA) is 135 Å². The van der Waals surface area contributed by atoms with Crippen molar-refractivity contribution in [3.63, 3.8) is 0 Å². The normalized spacial score (nSPS) is 16.3. The van der Waals surface area contributed by atoms with Crippen LogP contribution in [-0.4, -0.2) is 53.7 Å². The van der Waals surface area contributed by atoms with Crippen LogP contribution in [0.3, 0.4) is 0 Å². The first kappa shape index (κ1) is 27.1. The van der Waals surface area contributed by atoms with E-state index in [1.165, 1.54) is 29.2 Å². The number of nitro groups is 1. The summed E-state index contributed by atoms with van der Waals surface area (Å²) in [4.78, 5) is 50.1. The highest BCUT2D eigenvalue weighted by molar-refractivity contribution is 5.89. The first-order valence-corrected chi connectivity index (χ1v) is 12.1. The van der Waals surface area contributed by atoms with Crippen LogP contribution < -0.4 is 4.74 Å². The molecular weight excluding hydrogens is 508 g/mol. The summed E-state index contributed by atoms with van der Waals surface area (Å²) in [6.45, 7) is -0.269. The molecule has 0 bridgehead atoms.